The Morgan fingerprint density at radius 3 is 2.00 bits per heavy atom. The lowest BCUT2D eigenvalue weighted by Gasteiger charge is -2.25. The van der Waals surface area contributed by atoms with Crippen molar-refractivity contribution in [3.05, 3.63) is 53.0 Å². The van der Waals surface area contributed by atoms with Crippen molar-refractivity contribution < 1.29 is 23.3 Å². The molecule has 0 radical (unpaired) electrons. The number of hydrogen-bond donors (Lipinski definition) is 0. The highest BCUT2D eigenvalue weighted by atomic mass is 32.2. The van der Waals surface area contributed by atoms with Crippen LogP contribution in [-0.4, -0.2) is 29.4 Å². The van der Waals surface area contributed by atoms with Gasteiger partial charge in [0.1, 0.15) is 0 Å². The summed E-state index contributed by atoms with van der Waals surface area (Å²) >= 11 is 0. The minimum atomic E-state index is -1.66. The zero-order chi connectivity index (χ0) is 20.4. The normalized spacial score (nSPS) is 12.5. The van der Waals surface area contributed by atoms with Crippen LogP contribution in [0.5, 0.6) is 0 Å². The Kier molecular flexibility index (Phi) is 9.15. The molecule has 0 bridgehead atoms. The predicted octanol–water partition coefficient (Wildman–Crippen LogP) is 4.09. The molecule has 148 valence electrons. The van der Waals surface area contributed by atoms with Crippen LogP contribution >= 0.6 is 0 Å². The standard InChI is InChI=1S/C21H28O5S/c1-6-25-19(22)21(13-12-16(3)4,20(23)26-7-2)14-15-27(24)18-10-8-17(5)9-11-18/h8-12,14-15H,6-7,13H2,1-5H3/b15-14+. The van der Waals surface area contributed by atoms with Gasteiger partial charge in [-0.1, -0.05) is 29.3 Å². The first-order valence-corrected chi connectivity index (χ1v) is 10.1. The molecule has 27 heavy (non-hydrogen) atoms. The molecule has 0 aliphatic carbocycles. The van der Waals surface area contributed by atoms with Crippen molar-refractivity contribution >= 4 is 22.7 Å². The summed E-state index contributed by atoms with van der Waals surface area (Å²) < 4.78 is 22.9. The molecule has 1 unspecified atom stereocenters. The molecule has 0 aromatic heterocycles. The van der Waals surface area contributed by atoms with E-state index in [-0.39, 0.29) is 19.6 Å². The lowest BCUT2D eigenvalue weighted by atomic mass is 9.84. The zero-order valence-corrected chi connectivity index (χ0v) is 17.4. The van der Waals surface area contributed by atoms with Gasteiger partial charge in [0.25, 0.3) is 0 Å². The lowest BCUT2D eigenvalue weighted by molar-refractivity contribution is -0.167. The number of ether oxygens (including phenoxy) is 2. The lowest BCUT2D eigenvalue weighted by Crippen LogP contribution is -2.40. The van der Waals surface area contributed by atoms with Gasteiger partial charge in [0.05, 0.1) is 24.0 Å². The van der Waals surface area contributed by atoms with Crippen molar-refractivity contribution in [3.8, 4) is 0 Å². The third-order valence-electron chi connectivity index (χ3n) is 3.84. The summed E-state index contributed by atoms with van der Waals surface area (Å²) in [5.41, 5.74) is 0.334. The Morgan fingerprint density at radius 2 is 1.56 bits per heavy atom. The Morgan fingerprint density at radius 1 is 1.04 bits per heavy atom. The van der Waals surface area contributed by atoms with Crippen LogP contribution in [0.1, 0.15) is 39.7 Å². The van der Waals surface area contributed by atoms with Gasteiger partial charge in [-0.15, -0.1) is 0 Å². The fraction of sp³-hybridized carbons (Fsp3) is 0.429. The van der Waals surface area contributed by atoms with Crippen molar-refractivity contribution in [3.63, 3.8) is 0 Å². The Labute approximate surface area is 163 Å². The van der Waals surface area contributed by atoms with Gasteiger partial charge in [0, 0.05) is 10.3 Å². The van der Waals surface area contributed by atoms with Crippen molar-refractivity contribution in [2.45, 2.75) is 45.9 Å². The van der Waals surface area contributed by atoms with E-state index in [0.29, 0.717) is 4.90 Å². The number of hydrogen-bond acceptors (Lipinski definition) is 5. The molecular weight excluding hydrogens is 364 g/mol. The number of allylic oxidation sites excluding steroid dienone is 2. The molecule has 0 spiro atoms. The molecule has 1 aromatic rings. The summed E-state index contributed by atoms with van der Waals surface area (Å²) in [4.78, 5) is 26.0. The van der Waals surface area contributed by atoms with Crippen molar-refractivity contribution in [1.82, 2.24) is 0 Å². The van der Waals surface area contributed by atoms with Gasteiger partial charge in [0.15, 0.2) is 5.41 Å². The quantitative estimate of drug-likeness (QED) is 0.360. The van der Waals surface area contributed by atoms with E-state index in [1.807, 2.05) is 32.9 Å². The number of esters is 2. The maximum absolute atomic E-state index is 12.7. The van der Waals surface area contributed by atoms with E-state index >= 15 is 0 Å². The molecule has 0 saturated heterocycles. The minimum Gasteiger partial charge on any atom is -0.465 e. The molecule has 0 aliphatic heterocycles. The van der Waals surface area contributed by atoms with E-state index in [9.17, 15) is 13.8 Å². The summed E-state index contributed by atoms with van der Waals surface area (Å²) in [6.45, 7) is 9.28. The fourth-order valence-electron chi connectivity index (χ4n) is 2.27. The van der Waals surface area contributed by atoms with Gasteiger partial charge < -0.3 is 9.47 Å². The average Bonchev–Trinajstić information content (AvgIpc) is 2.62. The maximum Gasteiger partial charge on any atom is 0.327 e. The van der Waals surface area contributed by atoms with Gasteiger partial charge in [-0.3, -0.25) is 9.59 Å². The van der Waals surface area contributed by atoms with Gasteiger partial charge in [0.2, 0.25) is 0 Å². The van der Waals surface area contributed by atoms with Crippen molar-refractivity contribution in [1.29, 1.82) is 0 Å². The first-order chi connectivity index (χ1) is 12.8. The topological polar surface area (TPSA) is 69.7 Å². The average molecular weight is 393 g/mol. The van der Waals surface area contributed by atoms with Crippen LogP contribution in [-0.2, 0) is 29.9 Å². The number of aryl methyl sites for hydroxylation is 1. The molecule has 5 nitrogen and oxygen atoms in total. The summed E-state index contributed by atoms with van der Waals surface area (Å²) in [5.74, 6) is -1.42. The van der Waals surface area contributed by atoms with Crippen LogP contribution in [0.15, 0.2) is 52.3 Å². The summed E-state index contributed by atoms with van der Waals surface area (Å²) in [5, 5.41) is 1.36. The van der Waals surface area contributed by atoms with E-state index < -0.39 is 28.2 Å². The summed E-state index contributed by atoms with van der Waals surface area (Å²) in [6, 6.07) is 7.22. The third kappa shape index (κ3) is 6.47. The molecule has 6 heteroatoms. The van der Waals surface area contributed by atoms with E-state index in [0.717, 1.165) is 11.1 Å². The van der Waals surface area contributed by atoms with Crippen LogP contribution in [0.2, 0.25) is 0 Å². The first-order valence-electron chi connectivity index (χ1n) is 8.91. The fourth-order valence-corrected chi connectivity index (χ4v) is 3.19. The van der Waals surface area contributed by atoms with E-state index in [4.69, 9.17) is 9.47 Å². The van der Waals surface area contributed by atoms with Crippen LogP contribution in [0, 0.1) is 12.3 Å². The molecule has 0 N–H and O–H groups in total. The van der Waals surface area contributed by atoms with Gasteiger partial charge in [-0.2, -0.15) is 0 Å². The van der Waals surface area contributed by atoms with Crippen LogP contribution in [0.4, 0.5) is 0 Å². The van der Waals surface area contributed by atoms with Gasteiger partial charge in [-0.25, -0.2) is 4.21 Å². The third-order valence-corrected chi connectivity index (χ3v) is 4.96. The highest BCUT2D eigenvalue weighted by Crippen LogP contribution is 2.30. The number of benzene rings is 1. The van der Waals surface area contributed by atoms with Crippen molar-refractivity contribution in [2.75, 3.05) is 13.2 Å². The molecule has 0 aliphatic rings. The zero-order valence-electron chi connectivity index (χ0n) is 16.6. The molecular formula is C21H28O5S. The van der Waals surface area contributed by atoms with Crippen molar-refractivity contribution in [2.24, 2.45) is 5.41 Å². The van der Waals surface area contributed by atoms with E-state index in [1.54, 1.807) is 32.1 Å². The van der Waals surface area contributed by atoms with Crippen LogP contribution in [0.25, 0.3) is 0 Å². The molecule has 1 atom stereocenters. The second-order valence-electron chi connectivity index (χ2n) is 6.31. The minimum absolute atomic E-state index is 0.0780. The second kappa shape index (κ2) is 10.8. The Bertz CT molecular complexity index is 709. The summed E-state index contributed by atoms with van der Waals surface area (Å²) in [7, 11) is -1.51. The van der Waals surface area contributed by atoms with E-state index in [2.05, 4.69) is 0 Å². The smallest absolute Gasteiger partial charge is 0.327 e. The number of rotatable bonds is 9. The van der Waals surface area contributed by atoms with Crippen LogP contribution < -0.4 is 0 Å². The van der Waals surface area contributed by atoms with E-state index in [1.165, 1.54) is 11.5 Å². The Balaban J connectivity index is 3.33. The van der Waals surface area contributed by atoms with Gasteiger partial charge >= 0.3 is 11.9 Å². The maximum atomic E-state index is 12.7. The first kappa shape index (κ1) is 22.8. The molecule has 0 fully saturated rings. The molecule has 0 saturated carbocycles. The SMILES string of the molecule is CCOC(=O)C(/C=C/S(=O)c1ccc(C)cc1)(CC=C(C)C)C(=O)OCC. The second-order valence-corrected chi connectivity index (χ2v) is 7.65. The van der Waals surface area contributed by atoms with Crippen LogP contribution in [0.3, 0.4) is 0 Å². The highest BCUT2D eigenvalue weighted by molar-refractivity contribution is 7.88. The molecule has 0 amide bonds. The number of carbonyl (C=O) groups is 2. The highest BCUT2D eigenvalue weighted by Gasteiger charge is 2.46. The summed E-state index contributed by atoms with van der Waals surface area (Å²) in [6.07, 6.45) is 3.21. The van der Waals surface area contributed by atoms with Gasteiger partial charge in [-0.05, 0) is 59.2 Å². The monoisotopic (exact) mass is 392 g/mol. The molecule has 0 heterocycles. The molecule has 1 aromatic carbocycles. The molecule has 1 rings (SSSR count). The Hall–Kier alpha value is -2.21. The predicted molar refractivity (Wildman–Crippen MR) is 106 cm³/mol. The number of carbonyl (C=O) groups excluding carboxylic acids is 2. The largest absolute Gasteiger partial charge is 0.465 e.